The largest absolute Gasteiger partial charge is 0.496 e. The molecule has 0 aliphatic rings. The van der Waals surface area contributed by atoms with Crippen molar-refractivity contribution in [1.29, 1.82) is 0 Å². The number of hydrogen-bond acceptors (Lipinski definition) is 4. The molecule has 0 aromatic carbocycles. The van der Waals surface area contributed by atoms with E-state index in [0.717, 1.165) is 22.6 Å². The Kier molecular flexibility index (Phi) is 5.48. The van der Waals surface area contributed by atoms with Gasteiger partial charge >= 0.3 is 0 Å². The molecule has 19 heavy (non-hydrogen) atoms. The zero-order valence-corrected chi connectivity index (χ0v) is 12.5. The monoisotopic (exact) mass is 264 g/mol. The number of ether oxygens (including phenoxy) is 1. The molecule has 1 rings (SSSR count). The van der Waals surface area contributed by atoms with Gasteiger partial charge in [0, 0.05) is 17.3 Å². The molecule has 4 heteroatoms. The van der Waals surface area contributed by atoms with E-state index < -0.39 is 6.04 Å². The van der Waals surface area contributed by atoms with Gasteiger partial charge in [-0.2, -0.15) is 0 Å². The van der Waals surface area contributed by atoms with Crippen LogP contribution in [0.1, 0.15) is 37.1 Å². The summed E-state index contributed by atoms with van der Waals surface area (Å²) in [6.07, 6.45) is 2.72. The molecule has 2 N–H and O–H groups in total. The van der Waals surface area contributed by atoms with Crippen molar-refractivity contribution in [2.24, 2.45) is 11.7 Å². The van der Waals surface area contributed by atoms with E-state index in [9.17, 15) is 4.79 Å². The van der Waals surface area contributed by atoms with E-state index in [2.05, 4.69) is 18.8 Å². The molecule has 0 radical (unpaired) electrons. The Morgan fingerprint density at radius 3 is 2.58 bits per heavy atom. The minimum atomic E-state index is -0.409. The number of methoxy groups -OCH3 is 1. The van der Waals surface area contributed by atoms with Crippen LogP contribution in [0.25, 0.3) is 0 Å². The third kappa shape index (κ3) is 4.03. The van der Waals surface area contributed by atoms with Gasteiger partial charge in [-0.3, -0.25) is 9.78 Å². The average molecular weight is 264 g/mol. The second kappa shape index (κ2) is 6.66. The lowest BCUT2D eigenvalue weighted by Crippen LogP contribution is -2.33. The van der Waals surface area contributed by atoms with Crippen molar-refractivity contribution in [3.8, 4) is 5.75 Å². The molecule has 0 bridgehead atoms. The molecule has 0 fully saturated rings. The van der Waals surface area contributed by atoms with Crippen molar-refractivity contribution < 1.29 is 9.53 Å². The molecule has 0 saturated heterocycles. The second-order valence-electron chi connectivity index (χ2n) is 5.43. The number of hydrogen-bond donors (Lipinski definition) is 1. The Bertz CT molecular complexity index is 456. The molecular formula is C15H24N2O2. The van der Waals surface area contributed by atoms with Gasteiger partial charge in [0.2, 0.25) is 0 Å². The highest BCUT2D eigenvalue weighted by Crippen LogP contribution is 2.24. The fourth-order valence-electron chi connectivity index (χ4n) is 2.18. The molecule has 1 aromatic rings. The maximum atomic E-state index is 12.1. The van der Waals surface area contributed by atoms with Gasteiger partial charge in [-0.1, -0.05) is 13.8 Å². The number of Topliss-reactive ketones (excluding diaryl/α,β-unsaturated/α-hetero) is 1. The lowest BCUT2D eigenvalue weighted by molar-refractivity contribution is -0.120. The first-order valence-corrected chi connectivity index (χ1v) is 6.64. The summed E-state index contributed by atoms with van der Waals surface area (Å²) in [7, 11) is 1.63. The molecule has 1 aromatic heterocycles. The maximum Gasteiger partial charge on any atom is 0.155 e. The molecule has 4 nitrogen and oxygen atoms in total. The van der Waals surface area contributed by atoms with E-state index in [1.165, 1.54) is 0 Å². The Morgan fingerprint density at radius 2 is 2.05 bits per heavy atom. The standard InChI is InChI=1S/C15H24N2O2/c1-9(2)6-12(16)14(18)7-13-11(4)15(19-5)10(3)8-17-13/h8-9,12H,6-7,16H2,1-5H3. The first-order chi connectivity index (χ1) is 8.86. The van der Waals surface area contributed by atoms with Gasteiger partial charge in [0.15, 0.2) is 5.78 Å². The molecule has 1 atom stereocenters. The van der Waals surface area contributed by atoms with Gasteiger partial charge in [0.05, 0.1) is 25.3 Å². The van der Waals surface area contributed by atoms with E-state index in [-0.39, 0.29) is 12.2 Å². The Labute approximate surface area is 115 Å². The number of carbonyl (C=O) groups is 1. The van der Waals surface area contributed by atoms with Gasteiger partial charge in [0.1, 0.15) is 5.75 Å². The fourth-order valence-corrected chi connectivity index (χ4v) is 2.18. The van der Waals surface area contributed by atoms with Gasteiger partial charge in [-0.15, -0.1) is 0 Å². The van der Waals surface area contributed by atoms with Crippen molar-refractivity contribution in [1.82, 2.24) is 4.98 Å². The van der Waals surface area contributed by atoms with E-state index in [0.29, 0.717) is 12.3 Å². The quantitative estimate of drug-likeness (QED) is 0.855. The Balaban J connectivity index is 2.86. The van der Waals surface area contributed by atoms with Crippen molar-refractivity contribution in [3.05, 3.63) is 23.0 Å². The highest BCUT2D eigenvalue weighted by molar-refractivity contribution is 5.85. The number of pyridine rings is 1. The number of rotatable bonds is 6. The van der Waals surface area contributed by atoms with E-state index in [1.807, 2.05) is 13.8 Å². The zero-order valence-electron chi connectivity index (χ0n) is 12.5. The Hall–Kier alpha value is -1.42. The predicted molar refractivity (Wildman–Crippen MR) is 76.4 cm³/mol. The molecule has 1 heterocycles. The lowest BCUT2D eigenvalue weighted by atomic mass is 9.97. The number of nitrogens with zero attached hydrogens (tertiary/aromatic N) is 1. The number of ketones is 1. The smallest absolute Gasteiger partial charge is 0.155 e. The van der Waals surface area contributed by atoms with E-state index in [1.54, 1.807) is 13.3 Å². The molecule has 0 aliphatic heterocycles. The van der Waals surface area contributed by atoms with Crippen molar-refractivity contribution >= 4 is 5.78 Å². The van der Waals surface area contributed by atoms with Crippen LogP contribution in [0.5, 0.6) is 5.75 Å². The molecule has 0 amide bonds. The Morgan fingerprint density at radius 1 is 1.42 bits per heavy atom. The highest BCUT2D eigenvalue weighted by Gasteiger charge is 2.18. The summed E-state index contributed by atoms with van der Waals surface area (Å²) in [6.45, 7) is 7.99. The lowest BCUT2D eigenvalue weighted by Gasteiger charge is -2.15. The van der Waals surface area contributed by atoms with Crippen LogP contribution in [0.3, 0.4) is 0 Å². The van der Waals surface area contributed by atoms with E-state index >= 15 is 0 Å². The van der Waals surface area contributed by atoms with Crippen LogP contribution in [0.2, 0.25) is 0 Å². The average Bonchev–Trinajstić information content (AvgIpc) is 2.32. The van der Waals surface area contributed by atoms with Crippen LogP contribution >= 0.6 is 0 Å². The van der Waals surface area contributed by atoms with Crippen LogP contribution in [0.15, 0.2) is 6.20 Å². The summed E-state index contributed by atoms with van der Waals surface area (Å²) in [5.41, 5.74) is 8.56. The molecule has 0 aliphatic carbocycles. The summed E-state index contributed by atoms with van der Waals surface area (Å²) in [4.78, 5) is 16.4. The zero-order chi connectivity index (χ0) is 14.6. The summed E-state index contributed by atoms with van der Waals surface area (Å²) in [6, 6.07) is -0.409. The van der Waals surface area contributed by atoms with Gasteiger partial charge in [0.25, 0.3) is 0 Å². The molecule has 0 spiro atoms. The molecule has 1 unspecified atom stereocenters. The molecule has 0 saturated carbocycles. The third-order valence-electron chi connectivity index (χ3n) is 3.23. The number of carbonyl (C=O) groups excluding carboxylic acids is 1. The summed E-state index contributed by atoms with van der Waals surface area (Å²) < 4.78 is 5.34. The van der Waals surface area contributed by atoms with Crippen molar-refractivity contribution in [3.63, 3.8) is 0 Å². The number of aryl methyl sites for hydroxylation is 1. The van der Waals surface area contributed by atoms with Crippen molar-refractivity contribution in [2.75, 3.05) is 7.11 Å². The molecule has 106 valence electrons. The topological polar surface area (TPSA) is 65.2 Å². The maximum absolute atomic E-state index is 12.1. The normalized spacial score (nSPS) is 12.6. The predicted octanol–water partition coefficient (Wildman–Crippen LogP) is 2.19. The van der Waals surface area contributed by atoms with Gasteiger partial charge in [-0.25, -0.2) is 0 Å². The summed E-state index contributed by atoms with van der Waals surface area (Å²) in [5.74, 6) is 1.26. The summed E-state index contributed by atoms with van der Waals surface area (Å²) in [5, 5.41) is 0. The first-order valence-electron chi connectivity index (χ1n) is 6.64. The van der Waals surface area contributed by atoms with Gasteiger partial charge < -0.3 is 10.5 Å². The first kappa shape index (κ1) is 15.6. The molecular weight excluding hydrogens is 240 g/mol. The van der Waals surface area contributed by atoms with Crippen LogP contribution in [0.4, 0.5) is 0 Å². The van der Waals surface area contributed by atoms with Crippen LogP contribution in [0, 0.1) is 19.8 Å². The van der Waals surface area contributed by atoms with Crippen LogP contribution in [-0.4, -0.2) is 23.9 Å². The minimum absolute atomic E-state index is 0.0372. The van der Waals surface area contributed by atoms with Crippen molar-refractivity contribution in [2.45, 2.75) is 46.6 Å². The number of nitrogens with two attached hydrogens (primary N) is 1. The fraction of sp³-hybridized carbons (Fsp3) is 0.600. The van der Waals surface area contributed by atoms with E-state index in [4.69, 9.17) is 10.5 Å². The SMILES string of the molecule is COc1c(C)cnc(CC(=O)C(N)CC(C)C)c1C. The minimum Gasteiger partial charge on any atom is -0.496 e. The summed E-state index contributed by atoms with van der Waals surface area (Å²) >= 11 is 0. The number of aromatic nitrogens is 1. The van der Waals surface area contributed by atoms with Crippen LogP contribution < -0.4 is 10.5 Å². The second-order valence-corrected chi connectivity index (χ2v) is 5.43. The van der Waals surface area contributed by atoms with Gasteiger partial charge in [-0.05, 0) is 26.2 Å². The third-order valence-corrected chi connectivity index (χ3v) is 3.23. The highest BCUT2D eigenvalue weighted by atomic mass is 16.5. The van der Waals surface area contributed by atoms with Crippen LogP contribution in [-0.2, 0) is 11.2 Å².